The maximum atomic E-state index is 13.8. The van der Waals surface area contributed by atoms with E-state index in [2.05, 4.69) is 11.1 Å². The summed E-state index contributed by atoms with van der Waals surface area (Å²) in [4.78, 5) is 17.6. The Labute approximate surface area is 163 Å². The molecule has 7 heteroatoms. The molecule has 5 nitrogen and oxygen atoms in total. The van der Waals surface area contributed by atoms with Gasteiger partial charge in [-0.1, -0.05) is 6.07 Å². The maximum Gasteiger partial charge on any atom is 0.353 e. The fourth-order valence-corrected chi connectivity index (χ4v) is 4.20. The number of hydrogen-bond acceptors (Lipinski definition) is 5. The summed E-state index contributed by atoms with van der Waals surface area (Å²) in [5, 5.41) is 12.1. The molecule has 1 aromatic carbocycles. The lowest BCUT2D eigenvalue weighted by molar-refractivity contribution is 0.0740. The van der Waals surface area contributed by atoms with Gasteiger partial charge in [-0.2, -0.15) is 5.26 Å². The topological polar surface area (TPSA) is 67.9 Å². The smallest absolute Gasteiger partial charge is 0.353 e. The van der Waals surface area contributed by atoms with Gasteiger partial charge in [0.15, 0.2) is 5.75 Å². The van der Waals surface area contributed by atoms with Gasteiger partial charge >= 0.3 is 5.97 Å². The number of ether oxygens (including phenoxy) is 1. The zero-order chi connectivity index (χ0) is 19.3. The summed E-state index contributed by atoms with van der Waals surface area (Å²) in [6, 6.07) is 11.6. The second kappa shape index (κ2) is 6.29. The van der Waals surface area contributed by atoms with E-state index in [4.69, 9.17) is 4.74 Å². The van der Waals surface area contributed by atoms with Gasteiger partial charge in [0.25, 0.3) is 0 Å². The van der Waals surface area contributed by atoms with Gasteiger partial charge in [0, 0.05) is 30.1 Å². The first-order chi connectivity index (χ1) is 13.7. The number of carbonyl (C=O) groups is 1. The number of carbonyl (C=O) groups excluding carboxylic acids is 1. The third kappa shape index (κ3) is 2.50. The summed E-state index contributed by atoms with van der Waals surface area (Å²) in [6.07, 6.45) is 2.46. The van der Waals surface area contributed by atoms with Crippen LogP contribution < -0.4 is 4.74 Å². The fraction of sp³-hybridized carbons (Fsp3) is 0.0952. The Morgan fingerprint density at radius 3 is 3.00 bits per heavy atom. The molecule has 0 aliphatic carbocycles. The molecule has 1 aliphatic heterocycles. The number of fused-ring (bicyclic) bond motifs is 4. The Balaban J connectivity index is 1.71. The van der Waals surface area contributed by atoms with Crippen LogP contribution in [0.5, 0.6) is 5.75 Å². The molecule has 0 unspecified atom stereocenters. The highest BCUT2D eigenvalue weighted by Crippen LogP contribution is 2.41. The number of esters is 1. The Hall–Kier alpha value is -3.50. The summed E-state index contributed by atoms with van der Waals surface area (Å²) >= 11 is 1.30. The van der Waals surface area contributed by atoms with Crippen LogP contribution in [0.15, 0.2) is 48.0 Å². The molecule has 0 saturated heterocycles. The summed E-state index contributed by atoms with van der Waals surface area (Å²) in [7, 11) is 0. The number of thiophene rings is 1. The predicted octanol–water partition coefficient (Wildman–Crippen LogP) is 4.55. The van der Waals surface area contributed by atoms with E-state index in [0.717, 1.165) is 5.69 Å². The molecule has 4 aromatic rings. The molecule has 4 heterocycles. The number of aryl methyl sites for hydroxylation is 2. The van der Waals surface area contributed by atoms with Crippen LogP contribution in [0.3, 0.4) is 0 Å². The number of nitriles is 1. The highest BCUT2D eigenvalue weighted by Gasteiger charge is 2.28. The molecule has 0 bridgehead atoms. The van der Waals surface area contributed by atoms with Crippen molar-refractivity contribution in [3.63, 3.8) is 0 Å². The highest BCUT2D eigenvalue weighted by molar-refractivity contribution is 7.12. The number of halogens is 1. The Morgan fingerprint density at radius 1 is 1.32 bits per heavy atom. The second-order valence-electron chi connectivity index (χ2n) is 6.42. The van der Waals surface area contributed by atoms with Crippen molar-refractivity contribution in [3.8, 4) is 23.1 Å². The van der Waals surface area contributed by atoms with Crippen LogP contribution in [0.25, 0.3) is 22.2 Å². The predicted molar refractivity (Wildman–Crippen MR) is 103 cm³/mol. The van der Waals surface area contributed by atoms with Crippen molar-refractivity contribution in [1.82, 2.24) is 9.55 Å². The van der Waals surface area contributed by atoms with Crippen LogP contribution in [-0.4, -0.2) is 15.5 Å². The summed E-state index contributed by atoms with van der Waals surface area (Å²) in [6.45, 7) is 0.656. The van der Waals surface area contributed by atoms with Crippen LogP contribution in [0.2, 0.25) is 0 Å². The molecule has 0 radical (unpaired) electrons. The third-order valence-electron chi connectivity index (χ3n) is 4.81. The van der Waals surface area contributed by atoms with Gasteiger partial charge < -0.3 is 9.30 Å². The van der Waals surface area contributed by atoms with Gasteiger partial charge in [0.1, 0.15) is 16.8 Å². The number of rotatable bonds is 2. The van der Waals surface area contributed by atoms with E-state index in [1.807, 2.05) is 10.8 Å². The number of pyridine rings is 1. The van der Waals surface area contributed by atoms with E-state index in [0.29, 0.717) is 51.3 Å². The Morgan fingerprint density at radius 2 is 2.21 bits per heavy atom. The molecule has 0 fully saturated rings. The van der Waals surface area contributed by atoms with Crippen molar-refractivity contribution in [2.45, 2.75) is 13.0 Å². The van der Waals surface area contributed by atoms with Gasteiger partial charge in [-0.15, -0.1) is 11.3 Å². The molecule has 3 aromatic heterocycles. The van der Waals surface area contributed by atoms with Crippen LogP contribution >= 0.6 is 11.3 Å². The molecule has 0 amide bonds. The number of nitrogens with zero attached hydrogens (tertiary/aromatic N) is 3. The van der Waals surface area contributed by atoms with E-state index in [9.17, 15) is 14.4 Å². The molecular formula is C21H12FN3O2S. The lowest BCUT2D eigenvalue weighted by atomic mass is 9.95. The molecule has 0 spiro atoms. The van der Waals surface area contributed by atoms with Crippen molar-refractivity contribution in [1.29, 1.82) is 5.26 Å². The molecule has 1 aliphatic rings. The van der Waals surface area contributed by atoms with Crippen LogP contribution in [0.4, 0.5) is 4.39 Å². The fourth-order valence-electron chi connectivity index (χ4n) is 3.60. The molecular weight excluding hydrogens is 377 g/mol. The quantitative estimate of drug-likeness (QED) is 0.472. The lowest BCUT2D eigenvalue weighted by Gasteiger charge is -2.21. The monoisotopic (exact) mass is 389 g/mol. The highest BCUT2D eigenvalue weighted by atomic mass is 32.1. The third-order valence-corrected chi connectivity index (χ3v) is 5.66. The van der Waals surface area contributed by atoms with Gasteiger partial charge in [-0.05, 0) is 35.7 Å². The van der Waals surface area contributed by atoms with Gasteiger partial charge in [-0.25, -0.2) is 9.18 Å². The first kappa shape index (κ1) is 16.7. The molecule has 136 valence electrons. The summed E-state index contributed by atoms with van der Waals surface area (Å²) in [5.41, 5.74) is 2.89. The van der Waals surface area contributed by atoms with Crippen molar-refractivity contribution >= 4 is 28.2 Å². The summed E-state index contributed by atoms with van der Waals surface area (Å²) < 4.78 is 21.4. The number of hydrogen-bond donors (Lipinski definition) is 0. The van der Waals surface area contributed by atoms with Gasteiger partial charge in [0.05, 0.1) is 22.5 Å². The first-order valence-electron chi connectivity index (χ1n) is 8.63. The summed E-state index contributed by atoms with van der Waals surface area (Å²) in [5.74, 6) is -0.510. The first-order valence-corrected chi connectivity index (χ1v) is 9.51. The average Bonchev–Trinajstić information content (AvgIpc) is 3.36. The van der Waals surface area contributed by atoms with Crippen LogP contribution in [0.1, 0.15) is 20.9 Å². The van der Waals surface area contributed by atoms with Crippen LogP contribution in [-0.2, 0) is 13.0 Å². The van der Waals surface area contributed by atoms with E-state index in [-0.39, 0.29) is 0 Å². The average molecular weight is 389 g/mol. The van der Waals surface area contributed by atoms with E-state index in [1.54, 1.807) is 29.6 Å². The maximum absolute atomic E-state index is 13.8. The molecule has 0 N–H and O–H groups in total. The van der Waals surface area contributed by atoms with Gasteiger partial charge in [-0.3, -0.25) is 4.98 Å². The lowest BCUT2D eigenvalue weighted by Crippen LogP contribution is -2.15. The normalized spacial score (nSPS) is 12.3. The van der Waals surface area contributed by atoms with E-state index >= 15 is 0 Å². The molecule has 0 atom stereocenters. The Bertz CT molecular complexity index is 1290. The number of benzene rings is 1. The van der Waals surface area contributed by atoms with E-state index < -0.39 is 11.8 Å². The SMILES string of the molecule is N#Cc1c2c(nc3ccc(F)cc13)CCn1ccc(OC(=O)c3cccs3)c1-2. The van der Waals surface area contributed by atoms with Crippen molar-refractivity contribution < 1.29 is 13.9 Å². The molecule has 0 saturated carbocycles. The largest absolute Gasteiger partial charge is 0.420 e. The minimum atomic E-state index is -0.450. The second-order valence-corrected chi connectivity index (χ2v) is 7.37. The standard InChI is InChI=1S/C21H12FN3O2S/c22-12-3-4-15-13(10-12)14(11-23)19-16(24-15)5-7-25-8-6-17(20(19)25)27-21(26)18-2-1-9-28-18/h1-4,6,8-10H,5,7H2. The zero-order valence-electron chi connectivity index (χ0n) is 14.5. The number of aromatic nitrogens is 2. The molecule has 5 rings (SSSR count). The van der Waals surface area contributed by atoms with E-state index in [1.165, 1.54) is 23.5 Å². The van der Waals surface area contributed by atoms with Crippen molar-refractivity contribution in [2.24, 2.45) is 0 Å². The van der Waals surface area contributed by atoms with Crippen LogP contribution in [0, 0.1) is 17.1 Å². The zero-order valence-corrected chi connectivity index (χ0v) is 15.3. The molecule has 28 heavy (non-hydrogen) atoms. The minimum absolute atomic E-state index is 0.340. The minimum Gasteiger partial charge on any atom is -0.420 e. The van der Waals surface area contributed by atoms with Gasteiger partial charge in [0.2, 0.25) is 0 Å². The van der Waals surface area contributed by atoms with Crippen molar-refractivity contribution in [2.75, 3.05) is 0 Å². The Kier molecular flexibility index (Phi) is 3.74. The van der Waals surface area contributed by atoms with Crippen molar-refractivity contribution in [3.05, 3.63) is 69.9 Å².